The Bertz CT molecular complexity index is 1370. The lowest BCUT2D eigenvalue weighted by molar-refractivity contribution is 0.263. The van der Waals surface area contributed by atoms with Gasteiger partial charge in [-0.25, -0.2) is 10.0 Å². The zero-order valence-corrected chi connectivity index (χ0v) is 21.9. The normalized spacial score (nSPS) is 15.9. The minimum Gasteiger partial charge on any atom is -0.479 e. The Kier molecular flexibility index (Phi) is 6.22. The number of nitrogens with one attached hydrogen (secondary N) is 1. The lowest BCUT2D eigenvalue weighted by Crippen LogP contribution is -2.32. The van der Waals surface area contributed by atoms with E-state index in [1.165, 1.54) is 12.2 Å². The molecule has 1 atom stereocenters. The summed E-state index contributed by atoms with van der Waals surface area (Å²) in [4.78, 5) is 4.59. The molecule has 4 rings (SSSR count). The molecule has 34 heavy (non-hydrogen) atoms. The fourth-order valence-electron chi connectivity index (χ4n) is 3.80. The van der Waals surface area contributed by atoms with Gasteiger partial charge in [0, 0.05) is 23.0 Å². The molecule has 1 unspecified atom stereocenters. The summed E-state index contributed by atoms with van der Waals surface area (Å²) in [6.45, 7) is 5.99. The van der Waals surface area contributed by atoms with E-state index in [1.54, 1.807) is 23.9 Å². The highest BCUT2D eigenvalue weighted by Gasteiger charge is 2.41. The summed E-state index contributed by atoms with van der Waals surface area (Å²) in [7, 11) is -0.701. The fourth-order valence-corrected chi connectivity index (χ4v) is 5.04. The Balaban J connectivity index is 1.93. The average molecular weight is 526 g/mol. The van der Waals surface area contributed by atoms with Gasteiger partial charge in [0.2, 0.25) is 5.88 Å². The first-order valence-electron chi connectivity index (χ1n) is 10.3. The Hall–Kier alpha value is -2.53. The number of ether oxygens (including phenoxy) is 1. The van der Waals surface area contributed by atoms with Crippen molar-refractivity contribution in [3.05, 3.63) is 51.8 Å². The second-order valence-electron chi connectivity index (χ2n) is 8.96. The number of hydrogen-bond donors (Lipinski definition) is 1. The minimum absolute atomic E-state index is 0.242. The average Bonchev–Trinajstić information content (AvgIpc) is 3.22. The van der Waals surface area contributed by atoms with Crippen LogP contribution in [0.5, 0.6) is 5.88 Å². The Morgan fingerprint density at radius 3 is 2.41 bits per heavy atom. The second kappa shape index (κ2) is 8.60. The summed E-state index contributed by atoms with van der Waals surface area (Å²) in [5.41, 5.74) is 2.84. The maximum atomic E-state index is 12.3. The van der Waals surface area contributed by atoms with Crippen molar-refractivity contribution in [2.75, 3.05) is 23.7 Å². The van der Waals surface area contributed by atoms with Crippen LogP contribution >= 0.6 is 23.2 Å². The molecule has 2 aromatic heterocycles. The van der Waals surface area contributed by atoms with Crippen LogP contribution in [0.4, 0.5) is 11.4 Å². The van der Waals surface area contributed by atoms with Gasteiger partial charge in [-0.3, -0.25) is 4.68 Å². The number of pyridine rings is 1. The van der Waals surface area contributed by atoms with Crippen LogP contribution in [0.15, 0.2) is 30.3 Å². The topological polar surface area (TPSA) is 98.6 Å². The molecule has 1 N–H and O–H groups in total. The molecule has 0 saturated heterocycles. The van der Waals surface area contributed by atoms with Crippen LogP contribution in [-0.4, -0.2) is 36.5 Å². The number of nitrogens with zero attached hydrogens (tertiary/aromatic N) is 4. The molecule has 0 aliphatic carbocycles. The largest absolute Gasteiger partial charge is 0.479 e. The van der Waals surface area contributed by atoms with E-state index in [-0.39, 0.29) is 11.3 Å². The molecular weight excluding hydrogens is 501 g/mol. The van der Waals surface area contributed by atoms with Crippen LogP contribution in [0.3, 0.4) is 0 Å². The number of benzene rings is 1. The van der Waals surface area contributed by atoms with Gasteiger partial charge in [-0.15, -0.1) is 4.28 Å². The van der Waals surface area contributed by atoms with Crippen molar-refractivity contribution < 1.29 is 17.4 Å². The van der Waals surface area contributed by atoms with Crippen molar-refractivity contribution in [2.45, 2.75) is 32.4 Å². The second-order valence-corrected chi connectivity index (χ2v) is 11.3. The SMILES string of the molecule is COc1nc(-c2ccccc2Cl)cc2c1NC(c1c(Cl)c(C(C)(C)C)nn1C)N2OS(C)(=O)=O. The van der Waals surface area contributed by atoms with Gasteiger partial charge in [-0.05, 0) is 12.1 Å². The monoisotopic (exact) mass is 525 g/mol. The molecule has 0 saturated carbocycles. The van der Waals surface area contributed by atoms with E-state index < -0.39 is 16.3 Å². The molecule has 12 heteroatoms. The Morgan fingerprint density at radius 1 is 1.18 bits per heavy atom. The summed E-state index contributed by atoms with van der Waals surface area (Å²) in [5, 5.41) is 9.97. The van der Waals surface area contributed by atoms with Crippen LogP contribution in [-0.2, 0) is 26.9 Å². The van der Waals surface area contributed by atoms with Crippen molar-refractivity contribution in [1.29, 1.82) is 0 Å². The van der Waals surface area contributed by atoms with Gasteiger partial charge in [0.25, 0.3) is 10.1 Å². The third kappa shape index (κ3) is 4.43. The molecule has 1 aliphatic rings. The maximum absolute atomic E-state index is 12.3. The molecule has 1 aliphatic heterocycles. The Labute approximate surface area is 208 Å². The van der Waals surface area contributed by atoms with Gasteiger partial charge in [0.15, 0.2) is 6.17 Å². The number of halogens is 2. The number of aryl methyl sites for hydroxylation is 1. The van der Waals surface area contributed by atoms with Gasteiger partial charge < -0.3 is 10.1 Å². The van der Waals surface area contributed by atoms with Crippen LogP contribution in [0.1, 0.15) is 38.3 Å². The number of anilines is 2. The summed E-state index contributed by atoms with van der Waals surface area (Å²) < 4.78 is 37.1. The molecule has 9 nitrogen and oxygen atoms in total. The number of hydroxylamine groups is 1. The quantitative estimate of drug-likeness (QED) is 0.501. The molecule has 0 bridgehead atoms. The predicted molar refractivity (Wildman–Crippen MR) is 133 cm³/mol. The molecule has 3 heterocycles. The standard InChI is InChI=1S/C22H25Cl2N5O4S/c1-22(2,3)19-16(24)18(28(4)27-19)20-26-17-15(29(20)33-34(6,30)31)11-14(25-21(17)32-5)12-9-7-8-10-13(12)23/h7-11,20,26H,1-6H3. The molecule has 1 aromatic carbocycles. The predicted octanol–water partition coefficient (Wildman–Crippen LogP) is 4.92. The van der Waals surface area contributed by atoms with E-state index in [0.29, 0.717) is 44.1 Å². The maximum Gasteiger partial charge on any atom is 0.285 e. The van der Waals surface area contributed by atoms with Crippen molar-refractivity contribution in [2.24, 2.45) is 7.05 Å². The summed E-state index contributed by atoms with van der Waals surface area (Å²) in [6, 6.07) is 8.88. The zero-order valence-electron chi connectivity index (χ0n) is 19.6. The van der Waals surface area contributed by atoms with Crippen LogP contribution in [0, 0.1) is 0 Å². The van der Waals surface area contributed by atoms with Crippen molar-refractivity contribution in [1.82, 2.24) is 14.8 Å². The molecule has 0 spiro atoms. The smallest absolute Gasteiger partial charge is 0.285 e. The molecule has 0 fully saturated rings. The van der Waals surface area contributed by atoms with Crippen LogP contribution in [0.25, 0.3) is 11.3 Å². The molecule has 182 valence electrons. The Morgan fingerprint density at radius 2 is 1.85 bits per heavy atom. The highest BCUT2D eigenvalue weighted by Crippen LogP contribution is 2.49. The van der Waals surface area contributed by atoms with E-state index in [0.717, 1.165) is 6.26 Å². The van der Waals surface area contributed by atoms with Crippen LogP contribution < -0.4 is 15.1 Å². The van der Waals surface area contributed by atoms with Crippen molar-refractivity contribution in [3.8, 4) is 17.1 Å². The first-order chi connectivity index (χ1) is 15.8. The zero-order chi connectivity index (χ0) is 25.0. The van der Waals surface area contributed by atoms with E-state index in [4.69, 9.17) is 32.2 Å². The van der Waals surface area contributed by atoms with Gasteiger partial charge in [-0.2, -0.15) is 13.5 Å². The molecule has 3 aromatic rings. The number of hydrogen-bond acceptors (Lipinski definition) is 8. The number of aromatic nitrogens is 3. The summed E-state index contributed by atoms with van der Waals surface area (Å²) in [5.74, 6) is 0.242. The van der Waals surface area contributed by atoms with E-state index in [9.17, 15) is 8.42 Å². The van der Waals surface area contributed by atoms with Gasteiger partial charge in [-0.1, -0.05) is 62.2 Å². The highest BCUT2D eigenvalue weighted by atomic mass is 35.5. The first-order valence-corrected chi connectivity index (χ1v) is 12.9. The van der Waals surface area contributed by atoms with Gasteiger partial charge in [0.1, 0.15) is 11.4 Å². The van der Waals surface area contributed by atoms with E-state index in [1.807, 2.05) is 39.0 Å². The lowest BCUT2D eigenvalue weighted by Gasteiger charge is -2.24. The van der Waals surface area contributed by atoms with Crippen LogP contribution in [0.2, 0.25) is 10.0 Å². The molecule has 0 radical (unpaired) electrons. The summed E-state index contributed by atoms with van der Waals surface area (Å²) in [6.07, 6.45) is 0.143. The van der Waals surface area contributed by atoms with Crippen molar-refractivity contribution in [3.63, 3.8) is 0 Å². The highest BCUT2D eigenvalue weighted by molar-refractivity contribution is 7.86. The molecule has 0 amide bonds. The third-order valence-electron chi connectivity index (χ3n) is 5.28. The number of rotatable bonds is 5. The fraction of sp³-hybridized carbons (Fsp3) is 0.364. The van der Waals surface area contributed by atoms with Crippen molar-refractivity contribution >= 4 is 44.7 Å². The van der Waals surface area contributed by atoms with Gasteiger partial charge >= 0.3 is 0 Å². The lowest BCUT2D eigenvalue weighted by atomic mass is 9.92. The number of methoxy groups -OCH3 is 1. The summed E-state index contributed by atoms with van der Waals surface area (Å²) >= 11 is 13.2. The van der Waals surface area contributed by atoms with E-state index >= 15 is 0 Å². The first kappa shape index (κ1) is 24.6. The number of fused-ring (bicyclic) bond motifs is 1. The third-order valence-corrected chi connectivity index (χ3v) is 6.41. The minimum atomic E-state index is -3.92. The van der Waals surface area contributed by atoms with E-state index in [2.05, 4.69) is 15.4 Å². The van der Waals surface area contributed by atoms with Gasteiger partial charge in [0.05, 0.1) is 35.5 Å². The molecular formula is C22H25Cl2N5O4S.